The van der Waals surface area contributed by atoms with Gasteiger partial charge >= 0.3 is 0 Å². The maximum atomic E-state index is 12.2. The number of carbonyl (C=O) groups is 1. The summed E-state index contributed by atoms with van der Waals surface area (Å²) >= 11 is 0. The quantitative estimate of drug-likeness (QED) is 0.837. The molecule has 0 aliphatic heterocycles. The fourth-order valence-corrected chi connectivity index (χ4v) is 2.08. The van der Waals surface area contributed by atoms with Crippen molar-refractivity contribution in [1.82, 2.24) is 4.90 Å². The Morgan fingerprint density at radius 3 is 2.61 bits per heavy atom. The first-order valence-corrected chi connectivity index (χ1v) is 6.76. The molecular weight excluding hydrogens is 224 g/mol. The molecule has 3 heteroatoms. The number of benzene rings is 1. The third-order valence-electron chi connectivity index (χ3n) is 3.32. The van der Waals surface area contributed by atoms with Gasteiger partial charge in [0.05, 0.1) is 0 Å². The van der Waals surface area contributed by atoms with E-state index in [0.29, 0.717) is 12.5 Å². The van der Waals surface area contributed by atoms with Crippen molar-refractivity contribution in [3.8, 4) is 0 Å². The molecule has 0 aromatic heterocycles. The maximum Gasteiger partial charge on any atom is 0.223 e. The zero-order valence-electron chi connectivity index (χ0n) is 11.0. The van der Waals surface area contributed by atoms with E-state index in [1.165, 1.54) is 5.56 Å². The van der Waals surface area contributed by atoms with Gasteiger partial charge in [0.25, 0.3) is 0 Å². The SMILES string of the molecule is CC(N)CCC(=O)N(Cc1ccccc1)C1CC1. The molecule has 1 aromatic carbocycles. The van der Waals surface area contributed by atoms with Crippen LogP contribution in [0.1, 0.15) is 38.2 Å². The number of nitrogens with zero attached hydrogens (tertiary/aromatic N) is 1. The van der Waals surface area contributed by atoms with Crippen molar-refractivity contribution in [3.05, 3.63) is 35.9 Å². The van der Waals surface area contributed by atoms with E-state index in [2.05, 4.69) is 12.1 Å². The Morgan fingerprint density at radius 1 is 1.39 bits per heavy atom. The summed E-state index contributed by atoms with van der Waals surface area (Å²) in [4.78, 5) is 14.2. The van der Waals surface area contributed by atoms with Crippen LogP contribution in [0.5, 0.6) is 0 Å². The predicted octanol–water partition coefficient (Wildman–Crippen LogP) is 2.31. The largest absolute Gasteiger partial charge is 0.335 e. The summed E-state index contributed by atoms with van der Waals surface area (Å²) in [5, 5.41) is 0. The molecular formula is C15H22N2O. The Kier molecular flexibility index (Phi) is 4.37. The Hall–Kier alpha value is -1.35. The van der Waals surface area contributed by atoms with Gasteiger partial charge in [-0.05, 0) is 31.7 Å². The van der Waals surface area contributed by atoms with Crippen molar-refractivity contribution in [3.63, 3.8) is 0 Å². The first-order chi connectivity index (χ1) is 8.66. The Labute approximate surface area is 109 Å². The molecule has 1 aromatic rings. The number of nitrogens with two attached hydrogens (primary N) is 1. The Balaban J connectivity index is 1.94. The minimum absolute atomic E-state index is 0.103. The normalized spacial score (nSPS) is 16.3. The van der Waals surface area contributed by atoms with E-state index >= 15 is 0 Å². The molecule has 2 rings (SSSR count). The molecule has 0 spiro atoms. The van der Waals surface area contributed by atoms with Crippen molar-refractivity contribution in [1.29, 1.82) is 0 Å². The molecule has 1 saturated carbocycles. The van der Waals surface area contributed by atoms with E-state index in [0.717, 1.165) is 25.8 Å². The van der Waals surface area contributed by atoms with Crippen molar-refractivity contribution in [2.24, 2.45) is 5.73 Å². The van der Waals surface area contributed by atoms with Gasteiger partial charge in [-0.25, -0.2) is 0 Å². The highest BCUT2D eigenvalue weighted by molar-refractivity contribution is 5.76. The van der Waals surface area contributed by atoms with E-state index in [-0.39, 0.29) is 11.9 Å². The van der Waals surface area contributed by atoms with Crippen LogP contribution >= 0.6 is 0 Å². The van der Waals surface area contributed by atoms with Gasteiger partial charge in [-0.2, -0.15) is 0 Å². The standard InChI is InChI=1S/C15H22N2O/c1-12(16)7-10-15(18)17(14-8-9-14)11-13-5-3-2-4-6-13/h2-6,12,14H,7-11,16H2,1H3. The topological polar surface area (TPSA) is 46.3 Å². The minimum Gasteiger partial charge on any atom is -0.335 e. The molecule has 1 unspecified atom stereocenters. The van der Waals surface area contributed by atoms with Crippen LogP contribution in [-0.4, -0.2) is 22.9 Å². The van der Waals surface area contributed by atoms with Gasteiger partial charge in [-0.15, -0.1) is 0 Å². The number of carbonyl (C=O) groups excluding carboxylic acids is 1. The molecule has 1 aliphatic carbocycles. The van der Waals surface area contributed by atoms with Crippen molar-refractivity contribution in [2.75, 3.05) is 0 Å². The zero-order chi connectivity index (χ0) is 13.0. The van der Waals surface area contributed by atoms with Gasteiger partial charge in [-0.1, -0.05) is 30.3 Å². The fraction of sp³-hybridized carbons (Fsp3) is 0.533. The van der Waals surface area contributed by atoms with Gasteiger partial charge in [0.2, 0.25) is 5.91 Å². The summed E-state index contributed by atoms with van der Waals surface area (Å²) in [6, 6.07) is 10.8. The van der Waals surface area contributed by atoms with Crippen LogP contribution < -0.4 is 5.73 Å². The molecule has 18 heavy (non-hydrogen) atoms. The highest BCUT2D eigenvalue weighted by Gasteiger charge is 2.32. The van der Waals surface area contributed by atoms with Gasteiger partial charge in [0.15, 0.2) is 0 Å². The van der Waals surface area contributed by atoms with Crippen molar-refractivity contribution < 1.29 is 4.79 Å². The van der Waals surface area contributed by atoms with Crippen LogP contribution in [0.2, 0.25) is 0 Å². The molecule has 1 atom stereocenters. The van der Waals surface area contributed by atoms with E-state index in [9.17, 15) is 4.79 Å². The summed E-state index contributed by atoms with van der Waals surface area (Å²) in [6.07, 6.45) is 3.64. The van der Waals surface area contributed by atoms with E-state index in [1.807, 2.05) is 30.0 Å². The predicted molar refractivity (Wildman–Crippen MR) is 72.9 cm³/mol. The molecule has 3 nitrogen and oxygen atoms in total. The highest BCUT2D eigenvalue weighted by atomic mass is 16.2. The molecule has 2 N–H and O–H groups in total. The second-order valence-corrected chi connectivity index (χ2v) is 5.25. The van der Waals surface area contributed by atoms with Gasteiger partial charge in [0.1, 0.15) is 0 Å². The number of hydrogen-bond donors (Lipinski definition) is 1. The highest BCUT2D eigenvalue weighted by Crippen LogP contribution is 2.29. The average molecular weight is 246 g/mol. The lowest BCUT2D eigenvalue weighted by molar-refractivity contribution is -0.132. The average Bonchev–Trinajstić information content (AvgIpc) is 3.18. The molecule has 0 saturated heterocycles. The number of amides is 1. The fourth-order valence-electron chi connectivity index (χ4n) is 2.08. The lowest BCUT2D eigenvalue weighted by atomic mass is 10.1. The molecule has 98 valence electrons. The first-order valence-electron chi connectivity index (χ1n) is 6.76. The number of rotatable bonds is 6. The molecule has 1 fully saturated rings. The molecule has 1 aliphatic rings. The summed E-state index contributed by atoms with van der Waals surface area (Å²) in [7, 11) is 0. The van der Waals surface area contributed by atoms with Crippen LogP contribution in [0.25, 0.3) is 0 Å². The van der Waals surface area contributed by atoms with Crippen LogP contribution in [-0.2, 0) is 11.3 Å². The third-order valence-corrected chi connectivity index (χ3v) is 3.32. The summed E-state index contributed by atoms with van der Waals surface area (Å²) in [5.74, 6) is 0.249. The molecule has 1 amide bonds. The number of hydrogen-bond acceptors (Lipinski definition) is 2. The lowest BCUT2D eigenvalue weighted by Crippen LogP contribution is -2.33. The van der Waals surface area contributed by atoms with E-state index in [4.69, 9.17) is 5.73 Å². The molecule has 0 bridgehead atoms. The second-order valence-electron chi connectivity index (χ2n) is 5.25. The lowest BCUT2D eigenvalue weighted by Gasteiger charge is -2.23. The van der Waals surface area contributed by atoms with Gasteiger partial charge in [-0.3, -0.25) is 4.79 Å². The zero-order valence-corrected chi connectivity index (χ0v) is 11.0. The van der Waals surface area contributed by atoms with Crippen LogP contribution in [0, 0.1) is 0 Å². The van der Waals surface area contributed by atoms with Gasteiger partial charge in [0, 0.05) is 25.0 Å². The summed E-state index contributed by atoms with van der Waals surface area (Å²) in [5.41, 5.74) is 6.92. The van der Waals surface area contributed by atoms with E-state index < -0.39 is 0 Å². The Morgan fingerprint density at radius 2 is 2.06 bits per heavy atom. The van der Waals surface area contributed by atoms with Crippen molar-refractivity contribution in [2.45, 2.75) is 51.2 Å². The summed E-state index contributed by atoms with van der Waals surface area (Å²) in [6.45, 7) is 2.69. The van der Waals surface area contributed by atoms with Crippen LogP contribution in [0.3, 0.4) is 0 Å². The smallest absolute Gasteiger partial charge is 0.223 e. The van der Waals surface area contributed by atoms with Crippen LogP contribution in [0.4, 0.5) is 0 Å². The maximum absolute atomic E-state index is 12.2. The Bertz CT molecular complexity index is 385. The second kappa shape index (κ2) is 6.01. The molecule has 0 heterocycles. The summed E-state index contributed by atoms with van der Waals surface area (Å²) < 4.78 is 0. The molecule has 0 radical (unpaired) electrons. The third kappa shape index (κ3) is 3.84. The monoisotopic (exact) mass is 246 g/mol. The van der Waals surface area contributed by atoms with E-state index in [1.54, 1.807) is 0 Å². The minimum atomic E-state index is 0.103. The van der Waals surface area contributed by atoms with Crippen LogP contribution in [0.15, 0.2) is 30.3 Å². The van der Waals surface area contributed by atoms with Gasteiger partial charge < -0.3 is 10.6 Å². The van der Waals surface area contributed by atoms with Crippen molar-refractivity contribution >= 4 is 5.91 Å². The first kappa shape index (κ1) is 13.1.